The SMILES string of the molecule is COC(CN)CC(=O)N(C)C(C)c1ccc(F)c(F)c1.Cl. The summed E-state index contributed by atoms with van der Waals surface area (Å²) in [6.45, 7) is 1.99. The molecule has 0 aromatic heterocycles. The van der Waals surface area contributed by atoms with E-state index >= 15 is 0 Å². The van der Waals surface area contributed by atoms with E-state index in [1.807, 2.05) is 0 Å². The number of nitrogens with two attached hydrogens (primary N) is 1. The van der Waals surface area contributed by atoms with Crippen molar-refractivity contribution in [3.8, 4) is 0 Å². The van der Waals surface area contributed by atoms with Gasteiger partial charge in [-0.1, -0.05) is 6.07 Å². The molecule has 7 heteroatoms. The van der Waals surface area contributed by atoms with Gasteiger partial charge in [0, 0.05) is 20.7 Å². The van der Waals surface area contributed by atoms with Crippen LogP contribution in [-0.4, -0.2) is 37.6 Å². The molecule has 4 nitrogen and oxygen atoms in total. The summed E-state index contributed by atoms with van der Waals surface area (Å²) in [7, 11) is 3.10. The molecular weight excluding hydrogens is 302 g/mol. The highest BCUT2D eigenvalue weighted by Crippen LogP contribution is 2.21. The van der Waals surface area contributed by atoms with Crippen LogP contribution in [-0.2, 0) is 9.53 Å². The van der Waals surface area contributed by atoms with Crippen LogP contribution in [0.4, 0.5) is 8.78 Å². The summed E-state index contributed by atoms with van der Waals surface area (Å²) in [6, 6.07) is 3.24. The summed E-state index contributed by atoms with van der Waals surface area (Å²) in [6.07, 6.45) is -0.195. The third-order valence-corrected chi connectivity index (χ3v) is 3.40. The van der Waals surface area contributed by atoms with Crippen molar-refractivity contribution in [1.29, 1.82) is 0 Å². The van der Waals surface area contributed by atoms with Crippen LogP contribution in [0.25, 0.3) is 0 Å². The molecule has 0 aliphatic rings. The van der Waals surface area contributed by atoms with Gasteiger partial charge in [-0.25, -0.2) is 8.78 Å². The molecule has 21 heavy (non-hydrogen) atoms. The summed E-state index contributed by atoms with van der Waals surface area (Å²) >= 11 is 0. The van der Waals surface area contributed by atoms with Gasteiger partial charge in [0.1, 0.15) is 0 Å². The van der Waals surface area contributed by atoms with E-state index in [0.29, 0.717) is 5.56 Å². The van der Waals surface area contributed by atoms with E-state index in [4.69, 9.17) is 10.5 Å². The number of amides is 1. The Morgan fingerprint density at radius 3 is 2.48 bits per heavy atom. The summed E-state index contributed by atoms with van der Waals surface area (Å²) in [5.74, 6) is -2.00. The maximum Gasteiger partial charge on any atom is 0.225 e. The standard InChI is InChI=1S/C14H20F2N2O2.ClH/c1-9(10-4-5-12(15)13(16)6-10)18(2)14(19)7-11(8-17)20-3;/h4-6,9,11H,7-8,17H2,1-3H3;1H. The predicted octanol–water partition coefficient (Wildman–Crippen LogP) is 2.27. The second-order valence-corrected chi connectivity index (χ2v) is 4.65. The number of benzene rings is 1. The molecule has 1 rings (SSSR count). The number of rotatable bonds is 6. The van der Waals surface area contributed by atoms with Crippen LogP contribution in [0.5, 0.6) is 0 Å². The highest BCUT2D eigenvalue weighted by atomic mass is 35.5. The Kier molecular flexibility index (Phi) is 8.39. The molecule has 0 spiro atoms. The van der Waals surface area contributed by atoms with Gasteiger partial charge in [-0.15, -0.1) is 12.4 Å². The first-order chi connectivity index (χ1) is 9.40. The Bertz CT molecular complexity index is 470. The first kappa shape index (κ1) is 19.8. The van der Waals surface area contributed by atoms with Crippen molar-refractivity contribution in [2.75, 3.05) is 20.7 Å². The lowest BCUT2D eigenvalue weighted by atomic mass is 10.1. The van der Waals surface area contributed by atoms with Crippen molar-refractivity contribution < 1.29 is 18.3 Å². The lowest BCUT2D eigenvalue weighted by Gasteiger charge is -2.27. The van der Waals surface area contributed by atoms with E-state index in [2.05, 4.69) is 0 Å². The summed E-state index contributed by atoms with van der Waals surface area (Å²) in [5.41, 5.74) is 6.00. The Balaban J connectivity index is 0.00000400. The number of halogens is 3. The normalized spacial score (nSPS) is 13.2. The van der Waals surface area contributed by atoms with Crippen LogP contribution < -0.4 is 5.73 Å². The molecule has 2 N–H and O–H groups in total. The van der Waals surface area contributed by atoms with Gasteiger partial charge in [-0.3, -0.25) is 4.79 Å². The molecule has 1 aromatic carbocycles. The largest absolute Gasteiger partial charge is 0.380 e. The van der Waals surface area contributed by atoms with Crippen LogP contribution >= 0.6 is 12.4 Å². The molecule has 120 valence electrons. The van der Waals surface area contributed by atoms with Crippen molar-refractivity contribution in [2.45, 2.75) is 25.5 Å². The number of hydrogen-bond acceptors (Lipinski definition) is 3. The highest BCUT2D eigenvalue weighted by Gasteiger charge is 2.21. The van der Waals surface area contributed by atoms with Crippen molar-refractivity contribution in [1.82, 2.24) is 4.90 Å². The zero-order chi connectivity index (χ0) is 15.3. The van der Waals surface area contributed by atoms with Gasteiger partial charge in [0.2, 0.25) is 5.91 Å². The predicted molar refractivity (Wildman–Crippen MR) is 79.3 cm³/mol. The van der Waals surface area contributed by atoms with E-state index in [9.17, 15) is 13.6 Å². The first-order valence-electron chi connectivity index (χ1n) is 6.34. The molecule has 0 fully saturated rings. The number of methoxy groups -OCH3 is 1. The Morgan fingerprint density at radius 2 is 2.00 bits per heavy atom. The summed E-state index contributed by atoms with van der Waals surface area (Å²) in [4.78, 5) is 13.5. The monoisotopic (exact) mass is 322 g/mol. The number of ether oxygens (including phenoxy) is 1. The van der Waals surface area contributed by atoms with E-state index in [1.165, 1.54) is 18.1 Å². The van der Waals surface area contributed by atoms with Gasteiger partial charge in [0.05, 0.1) is 18.6 Å². The molecular formula is C14H21ClF2N2O2. The van der Waals surface area contributed by atoms with Gasteiger partial charge in [-0.05, 0) is 24.6 Å². The number of nitrogens with zero attached hydrogens (tertiary/aromatic N) is 1. The fourth-order valence-corrected chi connectivity index (χ4v) is 1.81. The van der Waals surface area contributed by atoms with Gasteiger partial charge >= 0.3 is 0 Å². The minimum atomic E-state index is -0.924. The molecule has 1 amide bonds. The Hall–Kier alpha value is -1.24. The van der Waals surface area contributed by atoms with Crippen molar-refractivity contribution in [3.63, 3.8) is 0 Å². The maximum atomic E-state index is 13.2. The fourth-order valence-electron chi connectivity index (χ4n) is 1.81. The number of carbonyl (C=O) groups excluding carboxylic acids is 1. The molecule has 0 bridgehead atoms. The molecule has 0 aliphatic carbocycles. The second-order valence-electron chi connectivity index (χ2n) is 4.65. The molecule has 0 aliphatic heterocycles. The molecule has 2 atom stereocenters. The number of hydrogen-bond donors (Lipinski definition) is 1. The minimum Gasteiger partial charge on any atom is -0.380 e. The fraction of sp³-hybridized carbons (Fsp3) is 0.500. The topological polar surface area (TPSA) is 55.6 Å². The zero-order valence-corrected chi connectivity index (χ0v) is 13.1. The number of carbonyl (C=O) groups is 1. The smallest absolute Gasteiger partial charge is 0.225 e. The molecule has 0 heterocycles. The molecule has 1 aromatic rings. The lowest BCUT2D eigenvalue weighted by Crippen LogP contribution is -2.35. The van der Waals surface area contributed by atoms with Gasteiger partial charge < -0.3 is 15.4 Å². The third-order valence-electron chi connectivity index (χ3n) is 3.40. The van der Waals surface area contributed by atoms with E-state index in [-0.39, 0.29) is 43.4 Å². The van der Waals surface area contributed by atoms with Gasteiger partial charge in [0.15, 0.2) is 11.6 Å². The molecule has 0 radical (unpaired) electrons. The van der Waals surface area contributed by atoms with Crippen molar-refractivity contribution >= 4 is 18.3 Å². The third kappa shape index (κ3) is 5.22. The van der Waals surface area contributed by atoms with Crippen molar-refractivity contribution in [2.24, 2.45) is 5.73 Å². The van der Waals surface area contributed by atoms with Crippen LogP contribution in [0.1, 0.15) is 24.9 Å². The highest BCUT2D eigenvalue weighted by molar-refractivity contribution is 5.85. The zero-order valence-electron chi connectivity index (χ0n) is 12.3. The first-order valence-corrected chi connectivity index (χ1v) is 6.34. The molecule has 0 saturated carbocycles. The molecule has 2 unspecified atom stereocenters. The average molecular weight is 323 g/mol. The minimum absolute atomic E-state index is 0. The second kappa shape index (κ2) is 8.92. The van der Waals surface area contributed by atoms with Crippen LogP contribution in [0, 0.1) is 11.6 Å². The van der Waals surface area contributed by atoms with E-state index < -0.39 is 11.6 Å². The Morgan fingerprint density at radius 1 is 1.38 bits per heavy atom. The maximum absolute atomic E-state index is 13.2. The van der Waals surface area contributed by atoms with Crippen molar-refractivity contribution in [3.05, 3.63) is 35.4 Å². The quantitative estimate of drug-likeness (QED) is 0.874. The molecule has 0 saturated heterocycles. The van der Waals surface area contributed by atoms with E-state index in [1.54, 1.807) is 14.0 Å². The van der Waals surface area contributed by atoms with Gasteiger partial charge in [0.25, 0.3) is 0 Å². The summed E-state index contributed by atoms with van der Waals surface area (Å²) < 4.78 is 31.2. The Labute approximate surface area is 129 Å². The average Bonchev–Trinajstić information content (AvgIpc) is 2.45. The van der Waals surface area contributed by atoms with E-state index in [0.717, 1.165) is 12.1 Å². The van der Waals surface area contributed by atoms with Gasteiger partial charge in [-0.2, -0.15) is 0 Å². The van der Waals surface area contributed by atoms with Crippen LogP contribution in [0.3, 0.4) is 0 Å². The lowest BCUT2D eigenvalue weighted by molar-refractivity contribution is -0.134. The summed E-state index contributed by atoms with van der Waals surface area (Å²) in [5, 5.41) is 0. The van der Waals surface area contributed by atoms with Crippen LogP contribution in [0.15, 0.2) is 18.2 Å². The van der Waals surface area contributed by atoms with Crippen LogP contribution in [0.2, 0.25) is 0 Å².